The average Bonchev–Trinajstić information content (AvgIpc) is 2.77. The fourth-order valence-electron chi connectivity index (χ4n) is 2.87. The summed E-state index contributed by atoms with van der Waals surface area (Å²) in [7, 11) is -3.87. The number of aliphatic hydroxyl groups excluding tert-OH is 1. The quantitative estimate of drug-likeness (QED) is 0.820. The molecule has 26 heavy (non-hydrogen) atoms. The summed E-state index contributed by atoms with van der Waals surface area (Å²) in [6, 6.07) is 5.40. The van der Waals surface area contributed by atoms with Gasteiger partial charge in [0.1, 0.15) is 23.4 Å². The maximum atomic E-state index is 14.0. The van der Waals surface area contributed by atoms with Crippen LogP contribution in [0.5, 0.6) is 11.5 Å². The summed E-state index contributed by atoms with van der Waals surface area (Å²) in [6.45, 7) is 6.92. The molecule has 0 saturated carbocycles. The van der Waals surface area contributed by atoms with Gasteiger partial charge in [-0.15, -0.1) is 0 Å². The van der Waals surface area contributed by atoms with Gasteiger partial charge in [0.05, 0.1) is 11.5 Å². The SMILES string of the molecule is [C-]#[N+]c1cc([18F])cc(Oc2ccc(S(C)(=O)=O)c3c2CC(F)(F)[C@H]3O)c1. The Morgan fingerprint density at radius 1 is 1.31 bits per heavy atom. The Hall–Kier alpha value is -2.57. The van der Waals surface area contributed by atoms with Crippen LogP contribution < -0.4 is 4.74 Å². The van der Waals surface area contributed by atoms with E-state index in [1.54, 1.807) is 0 Å². The Morgan fingerprint density at radius 3 is 2.62 bits per heavy atom. The molecule has 0 heterocycles. The van der Waals surface area contributed by atoms with Crippen LogP contribution in [0.1, 0.15) is 17.2 Å². The van der Waals surface area contributed by atoms with E-state index in [1.165, 1.54) is 12.1 Å². The third-order valence-corrected chi connectivity index (χ3v) is 5.13. The molecule has 1 aliphatic rings. The van der Waals surface area contributed by atoms with E-state index in [9.17, 15) is 26.7 Å². The van der Waals surface area contributed by atoms with Gasteiger partial charge >= 0.3 is 0 Å². The number of hydrogen-bond donors (Lipinski definition) is 1. The van der Waals surface area contributed by atoms with Crippen LogP contribution in [0.15, 0.2) is 35.2 Å². The molecule has 1 atom stereocenters. The summed E-state index contributed by atoms with van der Waals surface area (Å²) in [4.78, 5) is 2.67. The minimum Gasteiger partial charge on any atom is -0.458 e. The second-order valence-corrected chi connectivity index (χ2v) is 7.91. The first kappa shape index (κ1) is 18.2. The zero-order chi connectivity index (χ0) is 19.3. The zero-order valence-electron chi connectivity index (χ0n) is 13.3. The molecule has 1 N–H and O–H groups in total. The number of alkyl halides is 2. The second kappa shape index (κ2) is 6.00. The van der Waals surface area contributed by atoms with Crippen molar-refractivity contribution in [2.75, 3.05) is 6.26 Å². The summed E-state index contributed by atoms with van der Waals surface area (Å²) >= 11 is 0. The van der Waals surface area contributed by atoms with Crippen LogP contribution >= 0.6 is 0 Å². The Kier molecular flexibility index (Phi) is 4.21. The van der Waals surface area contributed by atoms with Crippen molar-refractivity contribution in [1.82, 2.24) is 0 Å². The molecular formula is C17H12F3NO4S. The van der Waals surface area contributed by atoms with Crippen molar-refractivity contribution < 1.29 is 31.4 Å². The van der Waals surface area contributed by atoms with Crippen molar-refractivity contribution in [1.29, 1.82) is 0 Å². The molecule has 0 fully saturated rings. The van der Waals surface area contributed by atoms with Gasteiger partial charge in [0, 0.05) is 29.9 Å². The Labute approximate surface area is 147 Å². The highest BCUT2D eigenvalue weighted by Gasteiger charge is 2.50. The van der Waals surface area contributed by atoms with Gasteiger partial charge in [-0.2, -0.15) is 0 Å². The summed E-state index contributed by atoms with van der Waals surface area (Å²) in [5, 5.41) is 9.90. The van der Waals surface area contributed by atoms with E-state index in [0.717, 1.165) is 24.5 Å². The van der Waals surface area contributed by atoms with E-state index in [2.05, 4.69) is 4.85 Å². The lowest BCUT2D eigenvalue weighted by atomic mass is 10.1. The molecule has 0 bridgehead atoms. The molecule has 1 aliphatic carbocycles. The van der Waals surface area contributed by atoms with Crippen LogP contribution in [0.25, 0.3) is 4.85 Å². The fraction of sp³-hybridized carbons (Fsp3) is 0.235. The number of ether oxygens (including phenoxy) is 1. The lowest BCUT2D eigenvalue weighted by Crippen LogP contribution is -2.22. The van der Waals surface area contributed by atoms with Gasteiger partial charge in [-0.25, -0.2) is 26.4 Å². The van der Waals surface area contributed by atoms with Crippen molar-refractivity contribution in [2.24, 2.45) is 0 Å². The van der Waals surface area contributed by atoms with E-state index < -0.39 is 44.6 Å². The number of aliphatic hydroxyl groups is 1. The molecule has 0 unspecified atom stereocenters. The summed E-state index contributed by atoms with van der Waals surface area (Å²) in [5.74, 6) is -4.55. The van der Waals surface area contributed by atoms with E-state index >= 15 is 0 Å². The predicted molar refractivity (Wildman–Crippen MR) is 85.9 cm³/mol. The molecule has 0 aromatic heterocycles. The second-order valence-electron chi connectivity index (χ2n) is 5.93. The van der Waals surface area contributed by atoms with E-state index in [4.69, 9.17) is 11.3 Å². The van der Waals surface area contributed by atoms with Gasteiger partial charge in [-0.3, -0.25) is 0 Å². The first-order valence-corrected chi connectivity index (χ1v) is 9.19. The smallest absolute Gasteiger partial charge is 0.281 e. The lowest BCUT2D eigenvalue weighted by Gasteiger charge is -2.15. The molecular weight excluding hydrogens is 370 g/mol. The summed E-state index contributed by atoms with van der Waals surface area (Å²) in [6.07, 6.45) is -2.37. The largest absolute Gasteiger partial charge is 0.458 e. The van der Waals surface area contributed by atoms with Gasteiger partial charge < -0.3 is 9.84 Å². The molecule has 0 saturated heterocycles. The monoisotopic (exact) mass is 382 g/mol. The zero-order valence-corrected chi connectivity index (χ0v) is 14.1. The van der Waals surface area contributed by atoms with Gasteiger partial charge in [-0.1, -0.05) is 0 Å². The van der Waals surface area contributed by atoms with Crippen molar-refractivity contribution >= 4 is 15.5 Å². The Bertz CT molecular complexity index is 1040. The first-order valence-electron chi connectivity index (χ1n) is 7.30. The average molecular weight is 382 g/mol. The van der Waals surface area contributed by atoms with E-state index in [0.29, 0.717) is 0 Å². The molecule has 2 aromatic rings. The van der Waals surface area contributed by atoms with Gasteiger partial charge in [0.2, 0.25) is 0 Å². The van der Waals surface area contributed by atoms with Crippen molar-refractivity contribution in [3.8, 4) is 11.5 Å². The minimum atomic E-state index is -3.87. The third kappa shape index (κ3) is 3.13. The van der Waals surface area contributed by atoms with Crippen LogP contribution in [0.3, 0.4) is 0 Å². The van der Waals surface area contributed by atoms with Crippen LogP contribution in [-0.4, -0.2) is 25.7 Å². The van der Waals surface area contributed by atoms with E-state index in [1.807, 2.05) is 0 Å². The van der Waals surface area contributed by atoms with Gasteiger partial charge in [-0.05, 0) is 24.3 Å². The highest BCUT2D eigenvalue weighted by atomic mass is 32.2. The van der Waals surface area contributed by atoms with Crippen molar-refractivity contribution in [3.63, 3.8) is 0 Å². The number of nitrogens with zero attached hydrogens (tertiary/aromatic N) is 1. The summed E-state index contributed by atoms with van der Waals surface area (Å²) < 4.78 is 70.7. The van der Waals surface area contributed by atoms with Crippen molar-refractivity contribution in [3.05, 3.63) is 58.7 Å². The number of hydrogen-bond acceptors (Lipinski definition) is 4. The predicted octanol–water partition coefficient (Wildman–Crippen LogP) is 3.80. The molecule has 136 valence electrons. The lowest BCUT2D eigenvalue weighted by molar-refractivity contribution is -0.0976. The highest BCUT2D eigenvalue weighted by Crippen LogP contribution is 2.49. The summed E-state index contributed by atoms with van der Waals surface area (Å²) in [5.41, 5.74) is -0.634. The number of fused-ring (bicyclic) bond motifs is 1. The van der Waals surface area contributed by atoms with Crippen LogP contribution in [0.2, 0.25) is 0 Å². The molecule has 5 nitrogen and oxygen atoms in total. The standard InChI is InChI=1S/C17H12F3NO4S/c1-21-10-5-9(18)6-11(7-10)25-13-3-4-14(26(2,23)24)15-12(13)8-17(19,20)16(15)22/h3-7,16,22H,8H2,2H3/t16-/m0/s1/i18-1. The molecule has 0 amide bonds. The first-order chi connectivity index (χ1) is 12.0. The van der Waals surface area contributed by atoms with E-state index in [-0.39, 0.29) is 22.7 Å². The highest BCUT2D eigenvalue weighted by molar-refractivity contribution is 7.90. The molecule has 0 spiro atoms. The minimum absolute atomic E-state index is 0.0465. The van der Waals surface area contributed by atoms with Crippen molar-refractivity contribution in [2.45, 2.75) is 23.3 Å². The maximum Gasteiger partial charge on any atom is 0.281 e. The Morgan fingerprint density at radius 2 is 2.00 bits per heavy atom. The van der Waals surface area contributed by atoms with Crippen LogP contribution in [0, 0.1) is 12.4 Å². The molecule has 0 aliphatic heterocycles. The van der Waals surface area contributed by atoms with Gasteiger partial charge in [0.25, 0.3) is 5.92 Å². The molecule has 2 aromatic carbocycles. The topological polar surface area (TPSA) is 68.0 Å². The Balaban J connectivity index is 2.15. The third-order valence-electron chi connectivity index (χ3n) is 3.97. The van der Waals surface area contributed by atoms with Gasteiger partial charge in [0.15, 0.2) is 15.5 Å². The molecule has 9 heteroatoms. The van der Waals surface area contributed by atoms with Crippen LogP contribution in [-0.2, 0) is 16.3 Å². The fourth-order valence-corrected chi connectivity index (χ4v) is 3.82. The number of rotatable bonds is 3. The molecule has 3 rings (SSSR count). The normalized spacial score (nSPS) is 18.2. The number of halogens is 3. The molecule has 0 radical (unpaired) electrons. The maximum absolute atomic E-state index is 14.0. The number of sulfone groups is 1. The number of benzene rings is 2. The van der Waals surface area contributed by atoms with Crippen LogP contribution in [0.4, 0.5) is 18.9 Å².